The third-order valence-electron chi connectivity index (χ3n) is 3.45. The van der Waals surface area contributed by atoms with E-state index in [1.54, 1.807) is 0 Å². The predicted molar refractivity (Wildman–Crippen MR) is 85.9 cm³/mol. The van der Waals surface area contributed by atoms with Crippen molar-refractivity contribution in [2.24, 2.45) is 0 Å². The van der Waals surface area contributed by atoms with Crippen LogP contribution in [0.15, 0.2) is 60.7 Å². The monoisotopic (exact) mass is 308 g/mol. The van der Waals surface area contributed by atoms with Crippen molar-refractivity contribution >= 4 is 6.09 Å². The number of carboxylic acid groups (broad SMARTS) is 1. The first kappa shape index (κ1) is 14.8. The molecule has 3 rings (SSSR count). The number of hydrogen-bond acceptors (Lipinski definition) is 3. The van der Waals surface area contributed by atoms with Crippen molar-refractivity contribution < 1.29 is 9.90 Å². The molecule has 0 aliphatic rings. The van der Waals surface area contributed by atoms with Crippen molar-refractivity contribution in [3.05, 3.63) is 72.1 Å². The Bertz CT molecular complexity index is 772. The third-order valence-corrected chi connectivity index (χ3v) is 3.45. The highest BCUT2D eigenvalue weighted by atomic mass is 16.4. The highest BCUT2D eigenvalue weighted by Gasteiger charge is 2.19. The van der Waals surface area contributed by atoms with Gasteiger partial charge in [-0.15, -0.1) is 0 Å². The van der Waals surface area contributed by atoms with Gasteiger partial charge in [-0.2, -0.15) is 5.10 Å². The second-order valence-corrected chi connectivity index (χ2v) is 5.10. The van der Waals surface area contributed by atoms with Crippen LogP contribution in [0.3, 0.4) is 0 Å². The Kier molecular flexibility index (Phi) is 4.33. The van der Waals surface area contributed by atoms with Gasteiger partial charge in [0.25, 0.3) is 0 Å². The summed E-state index contributed by atoms with van der Waals surface area (Å²) in [6.45, 7) is 0. The first-order valence-electron chi connectivity index (χ1n) is 7.23. The van der Waals surface area contributed by atoms with Crippen molar-refractivity contribution in [2.45, 2.75) is 12.5 Å². The first-order chi connectivity index (χ1) is 11.2. The molecule has 0 saturated heterocycles. The van der Waals surface area contributed by atoms with Gasteiger partial charge in [0.15, 0.2) is 5.82 Å². The summed E-state index contributed by atoms with van der Waals surface area (Å²) in [6, 6.07) is 18.7. The summed E-state index contributed by atoms with van der Waals surface area (Å²) >= 11 is 0. The van der Waals surface area contributed by atoms with Crippen molar-refractivity contribution in [3.63, 3.8) is 0 Å². The molecule has 6 nitrogen and oxygen atoms in total. The lowest BCUT2D eigenvalue weighted by atomic mass is 10.1. The van der Waals surface area contributed by atoms with Gasteiger partial charge in [-0.3, -0.25) is 5.10 Å². The molecule has 1 aromatic heterocycles. The maximum Gasteiger partial charge on any atom is 0.405 e. The standard InChI is InChI=1S/C17H16N4O2/c22-17(23)18-14(11-12-7-3-1-4-8-12)16-19-15(20-21-16)13-9-5-2-6-10-13/h1-10,14,18H,11H2,(H,22,23)(H,19,20,21)/t14-/m0/s1. The van der Waals surface area contributed by atoms with Crippen LogP contribution in [0.2, 0.25) is 0 Å². The third kappa shape index (κ3) is 3.74. The van der Waals surface area contributed by atoms with Crippen LogP contribution in [0.5, 0.6) is 0 Å². The van der Waals surface area contributed by atoms with Crippen LogP contribution in [-0.4, -0.2) is 26.4 Å². The maximum atomic E-state index is 11.1. The van der Waals surface area contributed by atoms with Crippen molar-refractivity contribution in [1.82, 2.24) is 20.5 Å². The largest absolute Gasteiger partial charge is 0.465 e. The van der Waals surface area contributed by atoms with E-state index < -0.39 is 12.1 Å². The molecule has 6 heteroatoms. The van der Waals surface area contributed by atoms with Gasteiger partial charge in [0.2, 0.25) is 0 Å². The van der Waals surface area contributed by atoms with E-state index in [9.17, 15) is 4.79 Å². The van der Waals surface area contributed by atoms with Gasteiger partial charge < -0.3 is 10.4 Å². The van der Waals surface area contributed by atoms with E-state index in [4.69, 9.17) is 5.11 Å². The van der Waals surface area contributed by atoms with Crippen molar-refractivity contribution in [1.29, 1.82) is 0 Å². The van der Waals surface area contributed by atoms with Crippen LogP contribution in [0.1, 0.15) is 17.4 Å². The van der Waals surface area contributed by atoms with Gasteiger partial charge in [0.1, 0.15) is 5.82 Å². The van der Waals surface area contributed by atoms with Crippen molar-refractivity contribution in [2.75, 3.05) is 0 Å². The number of rotatable bonds is 5. The molecule has 0 bridgehead atoms. The van der Waals surface area contributed by atoms with Gasteiger partial charge in [-0.25, -0.2) is 9.78 Å². The lowest BCUT2D eigenvalue weighted by Gasteiger charge is -2.14. The molecule has 1 heterocycles. The van der Waals surface area contributed by atoms with E-state index in [0.717, 1.165) is 11.1 Å². The van der Waals surface area contributed by atoms with E-state index in [0.29, 0.717) is 18.1 Å². The van der Waals surface area contributed by atoms with Crippen LogP contribution in [-0.2, 0) is 6.42 Å². The molecule has 0 fully saturated rings. The van der Waals surface area contributed by atoms with Crippen LogP contribution in [0.4, 0.5) is 4.79 Å². The predicted octanol–water partition coefficient (Wildman–Crippen LogP) is 3.02. The number of aromatic amines is 1. The Hall–Kier alpha value is -3.15. The van der Waals surface area contributed by atoms with Gasteiger partial charge in [0.05, 0.1) is 6.04 Å². The van der Waals surface area contributed by atoms with Crippen LogP contribution >= 0.6 is 0 Å². The molecule has 0 aliphatic carbocycles. The minimum absolute atomic E-state index is 0.486. The minimum Gasteiger partial charge on any atom is -0.465 e. The average molecular weight is 308 g/mol. The number of nitrogens with zero attached hydrogens (tertiary/aromatic N) is 2. The minimum atomic E-state index is -1.09. The molecule has 2 aromatic carbocycles. The number of benzene rings is 2. The maximum absolute atomic E-state index is 11.1. The van der Waals surface area contributed by atoms with Crippen LogP contribution in [0.25, 0.3) is 11.4 Å². The second-order valence-electron chi connectivity index (χ2n) is 5.10. The Balaban J connectivity index is 1.85. The van der Waals surface area contributed by atoms with Crippen LogP contribution < -0.4 is 5.32 Å². The number of carbonyl (C=O) groups is 1. The fourth-order valence-corrected chi connectivity index (χ4v) is 2.36. The van der Waals surface area contributed by atoms with Gasteiger partial charge in [0, 0.05) is 12.0 Å². The summed E-state index contributed by atoms with van der Waals surface area (Å²) < 4.78 is 0. The normalized spacial score (nSPS) is 11.8. The Labute approximate surface area is 133 Å². The average Bonchev–Trinajstić information content (AvgIpc) is 3.06. The zero-order chi connectivity index (χ0) is 16.1. The summed E-state index contributed by atoms with van der Waals surface area (Å²) in [4.78, 5) is 15.5. The number of nitrogens with one attached hydrogen (secondary N) is 2. The summed E-state index contributed by atoms with van der Waals surface area (Å²) in [5, 5.41) is 18.6. The quantitative estimate of drug-likeness (QED) is 0.675. The molecule has 0 aliphatic heterocycles. The molecule has 23 heavy (non-hydrogen) atoms. The smallest absolute Gasteiger partial charge is 0.405 e. The molecule has 0 radical (unpaired) electrons. The van der Waals surface area contributed by atoms with E-state index in [1.165, 1.54) is 0 Å². The molecule has 0 unspecified atom stereocenters. The molecule has 1 amide bonds. The molecule has 0 spiro atoms. The number of amides is 1. The zero-order valence-electron chi connectivity index (χ0n) is 12.3. The summed E-state index contributed by atoms with van der Waals surface area (Å²) in [5.41, 5.74) is 1.90. The number of hydrogen-bond donors (Lipinski definition) is 3. The lowest BCUT2D eigenvalue weighted by Crippen LogP contribution is -2.29. The molecule has 116 valence electrons. The van der Waals surface area contributed by atoms with Crippen molar-refractivity contribution in [3.8, 4) is 11.4 Å². The topological polar surface area (TPSA) is 90.9 Å². The Morgan fingerprint density at radius 2 is 1.74 bits per heavy atom. The highest BCUT2D eigenvalue weighted by molar-refractivity contribution is 5.65. The molecular weight excluding hydrogens is 292 g/mol. The first-order valence-corrected chi connectivity index (χ1v) is 7.23. The Morgan fingerprint density at radius 3 is 2.39 bits per heavy atom. The molecular formula is C17H16N4O2. The second kappa shape index (κ2) is 6.74. The van der Waals surface area contributed by atoms with Crippen LogP contribution in [0, 0.1) is 0 Å². The van der Waals surface area contributed by atoms with E-state index in [1.807, 2.05) is 60.7 Å². The van der Waals surface area contributed by atoms with E-state index in [2.05, 4.69) is 20.5 Å². The highest BCUT2D eigenvalue weighted by Crippen LogP contribution is 2.19. The van der Waals surface area contributed by atoms with Gasteiger partial charge >= 0.3 is 6.09 Å². The van der Waals surface area contributed by atoms with E-state index in [-0.39, 0.29) is 0 Å². The van der Waals surface area contributed by atoms with E-state index >= 15 is 0 Å². The Morgan fingerprint density at radius 1 is 1.09 bits per heavy atom. The molecule has 0 saturated carbocycles. The number of aromatic nitrogens is 3. The SMILES string of the molecule is O=C(O)N[C@@H](Cc1ccccc1)c1nc(-c2ccccc2)n[nH]1. The van der Waals surface area contributed by atoms with Gasteiger partial charge in [-0.05, 0) is 5.56 Å². The zero-order valence-corrected chi connectivity index (χ0v) is 12.3. The summed E-state index contributed by atoms with van der Waals surface area (Å²) in [5.74, 6) is 1.04. The molecule has 3 N–H and O–H groups in total. The van der Waals surface area contributed by atoms with Gasteiger partial charge in [-0.1, -0.05) is 60.7 Å². The fraction of sp³-hybridized carbons (Fsp3) is 0.118. The summed E-state index contributed by atoms with van der Waals surface area (Å²) in [7, 11) is 0. The number of H-pyrrole nitrogens is 1. The molecule has 3 aromatic rings. The fourth-order valence-electron chi connectivity index (χ4n) is 2.36. The summed E-state index contributed by atoms with van der Waals surface area (Å²) in [6.07, 6.45) is -0.597. The lowest BCUT2D eigenvalue weighted by molar-refractivity contribution is 0.189. The molecule has 1 atom stereocenters.